The first kappa shape index (κ1) is 13.5. The zero-order valence-electron chi connectivity index (χ0n) is 11.3. The first-order valence-corrected chi connectivity index (χ1v) is 6.85. The van der Waals surface area contributed by atoms with Gasteiger partial charge in [0.25, 0.3) is 0 Å². The molecule has 1 aliphatic rings. The van der Waals surface area contributed by atoms with E-state index in [4.69, 9.17) is 0 Å². The van der Waals surface area contributed by atoms with Gasteiger partial charge in [-0.3, -0.25) is 0 Å². The van der Waals surface area contributed by atoms with Crippen LogP contribution in [-0.2, 0) is 0 Å². The molecule has 0 bridgehead atoms. The number of nitrogens with one attached hydrogen (secondary N) is 1. The first-order valence-electron chi connectivity index (χ1n) is 6.85. The van der Waals surface area contributed by atoms with Crippen LogP contribution < -0.4 is 5.32 Å². The summed E-state index contributed by atoms with van der Waals surface area (Å²) in [5.74, 6) is 0.914. The zero-order chi connectivity index (χ0) is 13.0. The number of nitrogens with zero attached hydrogens (tertiary/aromatic N) is 1. The fourth-order valence-electron chi connectivity index (χ4n) is 2.58. The van der Waals surface area contributed by atoms with Gasteiger partial charge in [-0.05, 0) is 29.5 Å². The summed E-state index contributed by atoms with van der Waals surface area (Å²) < 4.78 is 13.0. The van der Waals surface area contributed by atoms with Crippen LogP contribution in [0.1, 0.15) is 25.3 Å². The molecule has 3 heteroatoms. The molecule has 1 heterocycles. The normalized spacial score (nSPS) is 19.1. The van der Waals surface area contributed by atoms with Gasteiger partial charge >= 0.3 is 0 Å². The van der Waals surface area contributed by atoms with Gasteiger partial charge in [0, 0.05) is 32.7 Å². The number of benzene rings is 1. The molecule has 0 spiro atoms. The Hall–Kier alpha value is -0.930. The lowest BCUT2D eigenvalue weighted by Crippen LogP contribution is -2.45. The molecule has 0 saturated carbocycles. The van der Waals surface area contributed by atoms with Gasteiger partial charge in [0.1, 0.15) is 5.82 Å². The predicted octanol–water partition coefficient (Wildman–Crippen LogP) is 2.47. The number of hydrogen-bond donors (Lipinski definition) is 1. The highest BCUT2D eigenvalue weighted by molar-refractivity contribution is 5.21. The molecule has 1 N–H and O–H groups in total. The zero-order valence-corrected chi connectivity index (χ0v) is 11.3. The summed E-state index contributed by atoms with van der Waals surface area (Å²) >= 11 is 0. The van der Waals surface area contributed by atoms with Crippen molar-refractivity contribution in [3.05, 3.63) is 35.6 Å². The molecule has 1 aromatic rings. The third-order valence-corrected chi connectivity index (χ3v) is 3.77. The van der Waals surface area contributed by atoms with Crippen LogP contribution in [-0.4, -0.2) is 37.6 Å². The molecule has 1 aliphatic heterocycles. The Kier molecular flexibility index (Phi) is 4.72. The average Bonchev–Trinajstić information content (AvgIpc) is 2.38. The fourth-order valence-corrected chi connectivity index (χ4v) is 2.58. The van der Waals surface area contributed by atoms with E-state index < -0.39 is 0 Å². The molecule has 2 nitrogen and oxygen atoms in total. The van der Waals surface area contributed by atoms with Gasteiger partial charge in [0.15, 0.2) is 0 Å². The topological polar surface area (TPSA) is 15.3 Å². The molecular formula is C15H23FN2. The molecule has 0 amide bonds. The lowest BCUT2D eigenvalue weighted by Gasteiger charge is -2.32. The molecule has 1 aromatic carbocycles. The largest absolute Gasteiger partial charge is 0.314 e. The molecule has 0 aromatic heterocycles. The summed E-state index contributed by atoms with van der Waals surface area (Å²) in [6.45, 7) is 9.95. The van der Waals surface area contributed by atoms with E-state index >= 15 is 0 Å². The molecule has 0 aliphatic carbocycles. The first-order chi connectivity index (χ1) is 8.66. The molecular weight excluding hydrogens is 227 g/mol. The Bertz CT molecular complexity index is 355. The van der Waals surface area contributed by atoms with Crippen molar-refractivity contribution >= 4 is 0 Å². The van der Waals surface area contributed by atoms with E-state index in [1.165, 1.54) is 5.56 Å². The van der Waals surface area contributed by atoms with Crippen LogP contribution in [0.5, 0.6) is 0 Å². The third-order valence-electron chi connectivity index (χ3n) is 3.77. The third kappa shape index (κ3) is 3.53. The average molecular weight is 250 g/mol. The van der Waals surface area contributed by atoms with Crippen LogP contribution in [0.15, 0.2) is 24.3 Å². The van der Waals surface area contributed by atoms with Gasteiger partial charge in [-0.1, -0.05) is 26.0 Å². The van der Waals surface area contributed by atoms with Crippen LogP contribution in [0.25, 0.3) is 0 Å². The Labute approximate surface area is 109 Å². The van der Waals surface area contributed by atoms with Gasteiger partial charge in [0.2, 0.25) is 0 Å². The van der Waals surface area contributed by atoms with E-state index in [-0.39, 0.29) is 5.82 Å². The van der Waals surface area contributed by atoms with Gasteiger partial charge in [-0.2, -0.15) is 0 Å². The van der Waals surface area contributed by atoms with Crippen LogP contribution in [0.2, 0.25) is 0 Å². The SMILES string of the molecule is CC(C)C(CN1CCNCC1)c1ccc(F)cc1. The minimum atomic E-state index is -0.150. The summed E-state index contributed by atoms with van der Waals surface area (Å²) in [6.07, 6.45) is 0. The van der Waals surface area contributed by atoms with Crippen molar-refractivity contribution in [3.63, 3.8) is 0 Å². The van der Waals surface area contributed by atoms with E-state index in [2.05, 4.69) is 24.1 Å². The van der Waals surface area contributed by atoms with Crippen molar-refractivity contribution in [2.45, 2.75) is 19.8 Å². The van der Waals surface area contributed by atoms with Crippen molar-refractivity contribution in [1.82, 2.24) is 10.2 Å². The lowest BCUT2D eigenvalue weighted by atomic mass is 9.88. The number of hydrogen-bond acceptors (Lipinski definition) is 2. The molecule has 1 unspecified atom stereocenters. The fraction of sp³-hybridized carbons (Fsp3) is 0.600. The van der Waals surface area contributed by atoms with Gasteiger partial charge in [0.05, 0.1) is 0 Å². The summed E-state index contributed by atoms with van der Waals surface area (Å²) in [7, 11) is 0. The highest BCUT2D eigenvalue weighted by atomic mass is 19.1. The Morgan fingerprint density at radius 2 is 1.78 bits per heavy atom. The molecule has 18 heavy (non-hydrogen) atoms. The van der Waals surface area contributed by atoms with Gasteiger partial charge in [-0.15, -0.1) is 0 Å². The van der Waals surface area contributed by atoms with Crippen LogP contribution in [0.3, 0.4) is 0 Å². The molecule has 1 fully saturated rings. The molecule has 2 rings (SSSR count). The van der Waals surface area contributed by atoms with E-state index in [0.29, 0.717) is 11.8 Å². The van der Waals surface area contributed by atoms with Crippen LogP contribution >= 0.6 is 0 Å². The van der Waals surface area contributed by atoms with E-state index in [9.17, 15) is 4.39 Å². The standard InChI is InChI=1S/C15H23FN2/c1-12(2)15(11-18-9-7-17-8-10-18)13-3-5-14(16)6-4-13/h3-6,12,15,17H,7-11H2,1-2H3. The smallest absolute Gasteiger partial charge is 0.123 e. The molecule has 1 saturated heterocycles. The van der Waals surface area contributed by atoms with E-state index in [0.717, 1.165) is 32.7 Å². The maximum atomic E-state index is 13.0. The van der Waals surface area contributed by atoms with E-state index in [1.807, 2.05) is 12.1 Å². The molecule has 0 radical (unpaired) electrons. The van der Waals surface area contributed by atoms with Crippen molar-refractivity contribution < 1.29 is 4.39 Å². The maximum absolute atomic E-state index is 13.0. The second-order valence-corrected chi connectivity index (χ2v) is 5.45. The minimum Gasteiger partial charge on any atom is -0.314 e. The van der Waals surface area contributed by atoms with Gasteiger partial charge < -0.3 is 10.2 Å². The van der Waals surface area contributed by atoms with E-state index in [1.54, 1.807) is 12.1 Å². The lowest BCUT2D eigenvalue weighted by molar-refractivity contribution is 0.212. The van der Waals surface area contributed by atoms with Gasteiger partial charge in [-0.25, -0.2) is 4.39 Å². The predicted molar refractivity (Wildman–Crippen MR) is 73.3 cm³/mol. The number of halogens is 1. The van der Waals surface area contributed by atoms with Crippen molar-refractivity contribution in [2.24, 2.45) is 5.92 Å². The summed E-state index contributed by atoms with van der Waals surface area (Å²) in [4.78, 5) is 2.50. The number of rotatable bonds is 4. The van der Waals surface area contributed by atoms with Crippen molar-refractivity contribution in [2.75, 3.05) is 32.7 Å². The Morgan fingerprint density at radius 1 is 1.17 bits per heavy atom. The Morgan fingerprint density at radius 3 is 2.33 bits per heavy atom. The van der Waals surface area contributed by atoms with Crippen LogP contribution in [0, 0.1) is 11.7 Å². The monoisotopic (exact) mass is 250 g/mol. The summed E-state index contributed by atoms with van der Waals surface area (Å²) in [5, 5.41) is 3.37. The second kappa shape index (κ2) is 6.30. The van der Waals surface area contributed by atoms with Crippen LogP contribution in [0.4, 0.5) is 4.39 Å². The minimum absolute atomic E-state index is 0.150. The highest BCUT2D eigenvalue weighted by Crippen LogP contribution is 2.25. The quantitative estimate of drug-likeness (QED) is 0.883. The highest BCUT2D eigenvalue weighted by Gasteiger charge is 2.20. The molecule has 100 valence electrons. The Balaban J connectivity index is 2.05. The summed E-state index contributed by atoms with van der Waals surface area (Å²) in [5.41, 5.74) is 1.25. The van der Waals surface area contributed by atoms with Crippen molar-refractivity contribution in [3.8, 4) is 0 Å². The van der Waals surface area contributed by atoms with Crippen molar-refractivity contribution in [1.29, 1.82) is 0 Å². The number of piperazine rings is 1. The maximum Gasteiger partial charge on any atom is 0.123 e. The summed E-state index contributed by atoms with van der Waals surface area (Å²) in [6, 6.07) is 7.01. The molecule has 1 atom stereocenters. The second-order valence-electron chi connectivity index (χ2n) is 5.45.